The molecule has 0 saturated heterocycles. The van der Waals surface area contributed by atoms with Crippen molar-refractivity contribution in [2.45, 2.75) is 38.8 Å². The highest BCUT2D eigenvalue weighted by atomic mass is 32.1. The van der Waals surface area contributed by atoms with E-state index in [0.29, 0.717) is 5.56 Å². The van der Waals surface area contributed by atoms with E-state index in [4.69, 9.17) is 0 Å². The number of likely N-dealkylation sites (N-methyl/N-ethyl adjacent to an activating group) is 1. The lowest BCUT2D eigenvalue weighted by Gasteiger charge is -2.29. The lowest BCUT2D eigenvalue weighted by atomic mass is 9.99. The van der Waals surface area contributed by atoms with Gasteiger partial charge in [-0.25, -0.2) is 4.79 Å². The summed E-state index contributed by atoms with van der Waals surface area (Å²) < 4.78 is 0. The van der Waals surface area contributed by atoms with Gasteiger partial charge in [-0.1, -0.05) is 59.7 Å². The molecule has 7 nitrogen and oxygen atoms in total. The van der Waals surface area contributed by atoms with Crippen molar-refractivity contribution in [2.75, 3.05) is 7.05 Å². The molecule has 3 N–H and O–H groups in total. The van der Waals surface area contributed by atoms with Gasteiger partial charge in [-0.3, -0.25) is 9.59 Å². The van der Waals surface area contributed by atoms with Crippen LogP contribution in [0, 0.1) is 13.8 Å². The largest absolute Gasteiger partial charge is 0.480 e. The number of rotatable bonds is 10. The monoisotopic (exact) mass is 579 g/mol. The molecular weight excluding hydrogens is 546 g/mol. The molecule has 214 valence electrons. The number of aliphatic carboxylic acids is 1. The van der Waals surface area contributed by atoms with Gasteiger partial charge in [-0.15, -0.1) is 0 Å². The molecule has 5 aromatic rings. The summed E-state index contributed by atoms with van der Waals surface area (Å²) in [6, 6.07) is 21.0. The Labute approximate surface area is 248 Å². The van der Waals surface area contributed by atoms with Crippen LogP contribution in [0.5, 0.6) is 0 Å². The predicted octanol–water partition coefficient (Wildman–Crippen LogP) is 6.01. The Morgan fingerprint density at radius 2 is 1.64 bits per heavy atom. The first-order valence-corrected chi connectivity index (χ1v) is 14.7. The Morgan fingerprint density at radius 1 is 0.929 bits per heavy atom. The summed E-state index contributed by atoms with van der Waals surface area (Å²) in [5, 5.41) is 17.8. The van der Waals surface area contributed by atoms with Crippen molar-refractivity contribution in [1.29, 1.82) is 0 Å². The first-order chi connectivity index (χ1) is 20.2. The average Bonchev–Trinajstić information content (AvgIpc) is 3.65. The molecule has 0 radical (unpaired) electrons. The number of hydrogen-bond donors (Lipinski definition) is 3. The van der Waals surface area contributed by atoms with Gasteiger partial charge < -0.3 is 20.3 Å². The maximum atomic E-state index is 13.8. The Morgan fingerprint density at radius 3 is 2.31 bits per heavy atom. The number of para-hydroxylation sites is 1. The van der Waals surface area contributed by atoms with E-state index < -0.39 is 24.0 Å². The van der Waals surface area contributed by atoms with Crippen molar-refractivity contribution >= 4 is 40.0 Å². The van der Waals surface area contributed by atoms with Crippen LogP contribution < -0.4 is 5.32 Å². The number of carbonyl (C=O) groups is 3. The van der Waals surface area contributed by atoms with E-state index in [9.17, 15) is 19.5 Å². The lowest BCUT2D eigenvalue weighted by Crippen LogP contribution is -2.53. The van der Waals surface area contributed by atoms with Gasteiger partial charge in [0.25, 0.3) is 5.91 Å². The number of nitrogens with one attached hydrogen (secondary N) is 2. The highest BCUT2D eigenvalue weighted by Crippen LogP contribution is 2.24. The third kappa shape index (κ3) is 6.44. The van der Waals surface area contributed by atoms with Crippen LogP contribution in [0.1, 0.15) is 32.6 Å². The molecular formula is C34H33N3O4S. The highest BCUT2D eigenvalue weighted by Gasteiger charge is 2.32. The van der Waals surface area contributed by atoms with Crippen LogP contribution in [0.3, 0.4) is 0 Å². The SMILES string of the molecule is Cc1cc(C)cc(C(=O)N(C)[C@@H](Cc2ccc(-c3ccsc3)cc2)C(=O)N[C@@H](Cc2c[nH]c3ccccc23)C(=O)O)c1. The predicted molar refractivity (Wildman–Crippen MR) is 167 cm³/mol. The zero-order chi connectivity index (χ0) is 29.8. The number of H-pyrrole nitrogens is 1. The summed E-state index contributed by atoms with van der Waals surface area (Å²) in [4.78, 5) is 44.4. The quantitative estimate of drug-likeness (QED) is 0.189. The van der Waals surface area contributed by atoms with Gasteiger partial charge in [0, 0.05) is 42.6 Å². The van der Waals surface area contributed by atoms with Crippen LogP contribution in [-0.2, 0) is 22.4 Å². The standard InChI is InChI=1S/C34H33N3O4S/c1-21-14-22(2)16-26(15-21)33(39)37(3)31(17-23-8-10-24(11-9-23)25-12-13-42-20-25)32(38)36-30(34(40)41)18-27-19-35-29-7-5-4-6-28(27)29/h4-16,19-20,30-31,35H,17-18H2,1-3H3,(H,36,38)(H,40,41)/t30-,31-/m0/s1. The van der Waals surface area contributed by atoms with Gasteiger partial charge in [-0.2, -0.15) is 11.3 Å². The third-order valence-corrected chi connectivity index (χ3v) is 8.19. The Kier molecular flexibility index (Phi) is 8.54. The van der Waals surface area contributed by atoms with Crippen LogP contribution in [0.4, 0.5) is 0 Å². The number of aryl methyl sites for hydroxylation is 2. The minimum absolute atomic E-state index is 0.0991. The molecule has 5 rings (SSSR count). The molecule has 2 atom stereocenters. The van der Waals surface area contributed by atoms with E-state index in [1.807, 2.05) is 79.9 Å². The minimum atomic E-state index is -1.18. The van der Waals surface area contributed by atoms with E-state index in [-0.39, 0.29) is 18.7 Å². The zero-order valence-corrected chi connectivity index (χ0v) is 24.6. The van der Waals surface area contributed by atoms with Gasteiger partial charge in [0.1, 0.15) is 12.1 Å². The molecule has 8 heteroatoms. The number of benzene rings is 3. The van der Waals surface area contributed by atoms with E-state index in [0.717, 1.165) is 44.3 Å². The molecule has 0 spiro atoms. The van der Waals surface area contributed by atoms with Gasteiger partial charge >= 0.3 is 5.97 Å². The number of aromatic nitrogens is 1. The van der Waals surface area contributed by atoms with E-state index >= 15 is 0 Å². The first kappa shape index (κ1) is 28.8. The molecule has 2 heterocycles. The second-order valence-electron chi connectivity index (χ2n) is 10.7. The summed E-state index contributed by atoms with van der Waals surface area (Å²) >= 11 is 1.62. The van der Waals surface area contributed by atoms with Gasteiger partial charge in [0.05, 0.1) is 0 Å². The van der Waals surface area contributed by atoms with Gasteiger partial charge in [0.2, 0.25) is 5.91 Å². The number of fused-ring (bicyclic) bond motifs is 1. The number of thiophene rings is 1. The number of carboxylic acid groups (broad SMARTS) is 1. The van der Waals surface area contributed by atoms with Gasteiger partial charge in [0.15, 0.2) is 0 Å². The fourth-order valence-electron chi connectivity index (χ4n) is 5.32. The topological polar surface area (TPSA) is 103 Å². The fraction of sp³-hybridized carbons (Fsp3) is 0.206. The van der Waals surface area contributed by atoms with Crippen LogP contribution in [0.2, 0.25) is 0 Å². The number of carboxylic acids is 1. The van der Waals surface area contributed by atoms with E-state index in [1.165, 1.54) is 4.90 Å². The molecule has 0 aliphatic carbocycles. The molecule has 0 saturated carbocycles. The number of aromatic amines is 1. The van der Waals surface area contributed by atoms with Crippen molar-refractivity contribution in [3.8, 4) is 11.1 Å². The van der Waals surface area contributed by atoms with Gasteiger partial charge in [-0.05, 0) is 71.1 Å². The normalized spacial score (nSPS) is 12.5. The lowest BCUT2D eigenvalue weighted by molar-refractivity contribution is -0.142. The molecule has 42 heavy (non-hydrogen) atoms. The number of carbonyl (C=O) groups excluding carboxylic acids is 2. The average molecular weight is 580 g/mol. The van der Waals surface area contributed by atoms with Crippen LogP contribution in [0.25, 0.3) is 22.0 Å². The third-order valence-electron chi connectivity index (χ3n) is 7.51. The van der Waals surface area contributed by atoms with E-state index in [1.54, 1.807) is 36.7 Å². The second kappa shape index (κ2) is 12.4. The molecule has 0 unspecified atom stereocenters. The molecule has 2 aromatic heterocycles. The molecule has 3 aromatic carbocycles. The number of nitrogens with zero attached hydrogens (tertiary/aromatic N) is 1. The molecule has 0 aliphatic rings. The maximum Gasteiger partial charge on any atom is 0.326 e. The van der Waals surface area contributed by atoms with Crippen LogP contribution >= 0.6 is 11.3 Å². The van der Waals surface area contributed by atoms with Crippen LogP contribution in [-0.4, -0.2) is 51.9 Å². The Hall–Kier alpha value is -4.69. The minimum Gasteiger partial charge on any atom is -0.480 e. The Bertz CT molecular complexity index is 1700. The summed E-state index contributed by atoms with van der Waals surface area (Å²) in [6.07, 6.45) is 2.10. The second-order valence-corrected chi connectivity index (χ2v) is 11.5. The van der Waals surface area contributed by atoms with Crippen molar-refractivity contribution in [3.05, 3.63) is 118 Å². The fourth-order valence-corrected chi connectivity index (χ4v) is 5.99. The number of amides is 2. The first-order valence-electron chi connectivity index (χ1n) is 13.7. The van der Waals surface area contributed by atoms with E-state index in [2.05, 4.69) is 15.7 Å². The summed E-state index contributed by atoms with van der Waals surface area (Å²) in [7, 11) is 1.60. The number of hydrogen-bond acceptors (Lipinski definition) is 4. The molecule has 2 amide bonds. The molecule has 0 bridgehead atoms. The van der Waals surface area contributed by atoms with Crippen LogP contribution in [0.15, 0.2) is 89.8 Å². The van der Waals surface area contributed by atoms with Crippen molar-refractivity contribution < 1.29 is 19.5 Å². The van der Waals surface area contributed by atoms with Crippen molar-refractivity contribution in [3.63, 3.8) is 0 Å². The maximum absolute atomic E-state index is 13.8. The smallest absolute Gasteiger partial charge is 0.326 e. The summed E-state index contributed by atoms with van der Waals surface area (Å²) in [5.74, 6) is -1.97. The Balaban J connectivity index is 1.42. The molecule has 0 aliphatic heterocycles. The zero-order valence-electron chi connectivity index (χ0n) is 23.8. The van der Waals surface area contributed by atoms with Crippen molar-refractivity contribution in [1.82, 2.24) is 15.2 Å². The highest BCUT2D eigenvalue weighted by molar-refractivity contribution is 7.08. The summed E-state index contributed by atoms with van der Waals surface area (Å²) in [5.41, 5.74) is 7.09. The molecule has 0 fully saturated rings. The summed E-state index contributed by atoms with van der Waals surface area (Å²) in [6.45, 7) is 3.84. The van der Waals surface area contributed by atoms with Crippen molar-refractivity contribution in [2.24, 2.45) is 0 Å².